The third-order valence-electron chi connectivity index (χ3n) is 4.37. The third kappa shape index (κ3) is 2.71. The number of piperazine rings is 1. The van der Waals surface area contributed by atoms with Gasteiger partial charge in [0.15, 0.2) is 5.76 Å². The zero-order valence-electron chi connectivity index (χ0n) is 13.3. The minimum Gasteiger partial charge on any atom is -0.459 e. The van der Waals surface area contributed by atoms with Crippen molar-refractivity contribution in [2.75, 3.05) is 26.2 Å². The summed E-state index contributed by atoms with van der Waals surface area (Å²) in [5.74, 6) is -0.0328. The van der Waals surface area contributed by atoms with E-state index >= 15 is 0 Å². The molecule has 2 N–H and O–H groups in total. The number of amides is 2. The Hall–Kier alpha value is -3.29. The number of aromatic amines is 2. The molecule has 128 valence electrons. The van der Waals surface area contributed by atoms with E-state index in [0.29, 0.717) is 48.5 Å². The van der Waals surface area contributed by atoms with Crippen LogP contribution in [0.4, 0.5) is 0 Å². The number of hydrogen-bond donors (Lipinski definition) is 2. The summed E-state index contributed by atoms with van der Waals surface area (Å²) in [6.45, 7) is 1.72. The van der Waals surface area contributed by atoms with Crippen LogP contribution in [-0.2, 0) is 0 Å². The van der Waals surface area contributed by atoms with Gasteiger partial charge in [-0.05, 0) is 24.3 Å². The van der Waals surface area contributed by atoms with Gasteiger partial charge in [-0.25, -0.2) is 4.79 Å². The molecule has 0 unspecified atom stereocenters. The number of nitrogens with zero attached hydrogens (tertiary/aromatic N) is 2. The molecule has 0 spiro atoms. The predicted octanol–water partition coefficient (Wildman–Crippen LogP) is 1.05. The molecular weight excluding hydrogens is 324 g/mol. The molecule has 8 nitrogen and oxygen atoms in total. The smallest absolute Gasteiger partial charge is 0.323 e. The number of fused-ring (bicyclic) bond motifs is 1. The monoisotopic (exact) mass is 340 g/mol. The lowest BCUT2D eigenvalue weighted by Crippen LogP contribution is -2.50. The third-order valence-corrected chi connectivity index (χ3v) is 4.37. The lowest BCUT2D eigenvalue weighted by Gasteiger charge is -2.34. The summed E-state index contributed by atoms with van der Waals surface area (Å²) in [5, 5.41) is 0. The Labute approximate surface area is 142 Å². The molecular formula is C17H16N4O4. The summed E-state index contributed by atoms with van der Waals surface area (Å²) in [6.07, 6.45) is 1.46. The highest BCUT2D eigenvalue weighted by atomic mass is 16.3. The van der Waals surface area contributed by atoms with Gasteiger partial charge in [-0.1, -0.05) is 6.07 Å². The van der Waals surface area contributed by atoms with Crippen LogP contribution in [0.3, 0.4) is 0 Å². The summed E-state index contributed by atoms with van der Waals surface area (Å²) in [7, 11) is 0. The number of H-pyrrole nitrogens is 2. The molecule has 2 amide bonds. The first-order chi connectivity index (χ1) is 12.1. The first-order valence-corrected chi connectivity index (χ1v) is 7.96. The van der Waals surface area contributed by atoms with Crippen molar-refractivity contribution >= 4 is 22.8 Å². The Bertz CT molecular complexity index is 978. The van der Waals surface area contributed by atoms with Gasteiger partial charge in [-0.3, -0.25) is 9.59 Å². The summed E-state index contributed by atoms with van der Waals surface area (Å²) in [4.78, 5) is 45.2. The average molecular weight is 340 g/mol. The van der Waals surface area contributed by atoms with Crippen LogP contribution in [0.2, 0.25) is 0 Å². The molecule has 0 bridgehead atoms. The van der Waals surface area contributed by atoms with Gasteiger partial charge in [0.2, 0.25) is 0 Å². The molecule has 3 aromatic rings. The normalized spacial score (nSPS) is 14.9. The van der Waals surface area contributed by atoms with Crippen LogP contribution >= 0.6 is 0 Å². The van der Waals surface area contributed by atoms with E-state index in [1.165, 1.54) is 6.26 Å². The molecule has 0 saturated carbocycles. The van der Waals surface area contributed by atoms with Gasteiger partial charge in [0.25, 0.3) is 11.8 Å². The Balaban J connectivity index is 1.49. The van der Waals surface area contributed by atoms with E-state index in [9.17, 15) is 14.4 Å². The van der Waals surface area contributed by atoms with Gasteiger partial charge in [0.05, 0.1) is 22.9 Å². The van der Waals surface area contributed by atoms with Crippen molar-refractivity contribution in [1.29, 1.82) is 0 Å². The van der Waals surface area contributed by atoms with Gasteiger partial charge in [0.1, 0.15) is 0 Å². The first-order valence-electron chi connectivity index (χ1n) is 7.96. The second-order valence-electron chi connectivity index (χ2n) is 5.87. The van der Waals surface area contributed by atoms with E-state index in [4.69, 9.17) is 4.42 Å². The molecule has 2 aromatic heterocycles. The Morgan fingerprint density at radius 3 is 2.32 bits per heavy atom. The van der Waals surface area contributed by atoms with Crippen LogP contribution in [-0.4, -0.2) is 57.8 Å². The van der Waals surface area contributed by atoms with E-state index in [2.05, 4.69) is 9.97 Å². The molecule has 1 aromatic carbocycles. The standard InChI is InChI=1S/C17H16N4O4/c22-15(11-3-1-4-12-14(11)19-17(24)18-12)20-6-8-21(9-7-20)16(23)13-5-2-10-25-13/h1-5,10H,6-9H2,(H2,18,19,24). The number of imidazole rings is 1. The number of carbonyl (C=O) groups is 2. The van der Waals surface area contributed by atoms with Crippen molar-refractivity contribution in [3.8, 4) is 0 Å². The maximum atomic E-state index is 12.8. The molecule has 0 atom stereocenters. The van der Waals surface area contributed by atoms with Gasteiger partial charge >= 0.3 is 5.69 Å². The fourth-order valence-corrected chi connectivity index (χ4v) is 3.08. The minimum atomic E-state index is -0.343. The van der Waals surface area contributed by atoms with Crippen molar-refractivity contribution < 1.29 is 14.0 Å². The topological polar surface area (TPSA) is 102 Å². The molecule has 8 heteroatoms. The molecule has 1 saturated heterocycles. The molecule has 1 aliphatic heterocycles. The quantitative estimate of drug-likeness (QED) is 0.728. The van der Waals surface area contributed by atoms with E-state index < -0.39 is 0 Å². The van der Waals surface area contributed by atoms with E-state index in [1.807, 2.05) is 0 Å². The van der Waals surface area contributed by atoms with E-state index in [-0.39, 0.29) is 17.5 Å². The van der Waals surface area contributed by atoms with Crippen molar-refractivity contribution in [1.82, 2.24) is 19.8 Å². The molecule has 3 heterocycles. The summed E-state index contributed by atoms with van der Waals surface area (Å²) >= 11 is 0. The largest absolute Gasteiger partial charge is 0.459 e. The van der Waals surface area contributed by atoms with Crippen LogP contribution in [0.15, 0.2) is 45.8 Å². The van der Waals surface area contributed by atoms with Crippen molar-refractivity contribution in [2.45, 2.75) is 0 Å². The second-order valence-corrected chi connectivity index (χ2v) is 5.87. The number of para-hydroxylation sites is 1. The van der Waals surface area contributed by atoms with Crippen LogP contribution < -0.4 is 5.69 Å². The van der Waals surface area contributed by atoms with Gasteiger partial charge in [-0.15, -0.1) is 0 Å². The summed E-state index contributed by atoms with van der Waals surface area (Å²) < 4.78 is 5.13. The Morgan fingerprint density at radius 2 is 1.64 bits per heavy atom. The van der Waals surface area contributed by atoms with Gasteiger partial charge in [0, 0.05) is 26.2 Å². The van der Waals surface area contributed by atoms with Crippen molar-refractivity contribution in [3.05, 3.63) is 58.4 Å². The maximum absolute atomic E-state index is 12.8. The number of furan rings is 1. The van der Waals surface area contributed by atoms with Gasteiger partial charge in [-0.2, -0.15) is 0 Å². The highest BCUT2D eigenvalue weighted by molar-refractivity contribution is 6.04. The SMILES string of the molecule is O=C(c1ccco1)N1CCN(C(=O)c2cccc3[nH]c(=O)[nH]c23)CC1. The first kappa shape index (κ1) is 15.3. The highest BCUT2D eigenvalue weighted by Gasteiger charge is 2.27. The number of rotatable bonds is 2. The Kier molecular flexibility index (Phi) is 3.64. The molecule has 1 aliphatic rings. The molecule has 4 rings (SSSR count). The minimum absolute atomic E-state index is 0.161. The van der Waals surface area contributed by atoms with Crippen LogP contribution in [0.1, 0.15) is 20.9 Å². The van der Waals surface area contributed by atoms with Crippen molar-refractivity contribution in [3.63, 3.8) is 0 Å². The van der Waals surface area contributed by atoms with E-state index in [0.717, 1.165) is 0 Å². The summed E-state index contributed by atoms with van der Waals surface area (Å²) in [5.41, 5.74) is 1.21. The maximum Gasteiger partial charge on any atom is 0.323 e. The molecule has 25 heavy (non-hydrogen) atoms. The van der Waals surface area contributed by atoms with Crippen molar-refractivity contribution in [2.24, 2.45) is 0 Å². The van der Waals surface area contributed by atoms with Crippen LogP contribution in [0.25, 0.3) is 11.0 Å². The Morgan fingerprint density at radius 1 is 0.920 bits per heavy atom. The number of hydrogen-bond acceptors (Lipinski definition) is 4. The number of carbonyl (C=O) groups excluding carboxylic acids is 2. The highest BCUT2D eigenvalue weighted by Crippen LogP contribution is 2.17. The zero-order valence-corrected chi connectivity index (χ0v) is 13.3. The number of nitrogens with one attached hydrogen (secondary N) is 2. The molecule has 0 aliphatic carbocycles. The predicted molar refractivity (Wildman–Crippen MR) is 89.4 cm³/mol. The zero-order chi connectivity index (χ0) is 17.4. The van der Waals surface area contributed by atoms with Gasteiger partial charge < -0.3 is 24.2 Å². The van der Waals surface area contributed by atoms with Crippen LogP contribution in [0, 0.1) is 0 Å². The fraction of sp³-hybridized carbons (Fsp3) is 0.235. The number of aromatic nitrogens is 2. The molecule has 0 radical (unpaired) electrons. The summed E-state index contributed by atoms with van der Waals surface area (Å²) in [6, 6.07) is 8.46. The fourth-order valence-electron chi connectivity index (χ4n) is 3.08. The molecule has 1 fully saturated rings. The van der Waals surface area contributed by atoms with Crippen LogP contribution in [0.5, 0.6) is 0 Å². The number of benzene rings is 1. The lowest BCUT2D eigenvalue weighted by atomic mass is 10.1. The average Bonchev–Trinajstić information content (AvgIpc) is 3.29. The van der Waals surface area contributed by atoms with E-state index in [1.54, 1.807) is 40.1 Å². The second kappa shape index (κ2) is 5.97. The lowest BCUT2D eigenvalue weighted by molar-refractivity contribution is 0.0519.